The van der Waals surface area contributed by atoms with Crippen molar-refractivity contribution in [3.05, 3.63) is 58.1 Å². The number of methoxy groups -OCH3 is 1. The molecule has 0 unspecified atom stereocenters. The van der Waals surface area contributed by atoms with Gasteiger partial charge in [-0.05, 0) is 56.0 Å². The summed E-state index contributed by atoms with van der Waals surface area (Å²) in [6.07, 6.45) is 2.59. The summed E-state index contributed by atoms with van der Waals surface area (Å²) in [5, 5.41) is 3.72. The van der Waals surface area contributed by atoms with Crippen molar-refractivity contribution in [2.24, 2.45) is 0 Å². The molecule has 2 rings (SSSR count). The predicted molar refractivity (Wildman–Crippen MR) is 153 cm³/mol. The van der Waals surface area contributed by atoms with Crippen molar-refractivity contribution in [3.8, 4) is 5.75 Å². The Kier molecular flexibility index (Phi) is 12.2. The van der Waals surface area contributed by atoms with Gasteiger partial charge in [0.1, 0.15) is 11.8 Å². The molecule has 0 saturated carbocycles. The van der Waals surface area contributed by atoms with E-state index in [4.69, 9.17) is 27.9 Å². The average molecular weight is 587 g/mol. The fourth-order valence-corrected chi connectivity index (χ4v) is 5.24. The van der Waals surface area contributed by atoms with Crippen molar-refractivity contribution in [3.63, 3.8) is 0 Å². The Labute approximate surface area is 236 Å². The zero-order chi connectivity index (χ0) is 28.5. The van der Waals surface area contributed by atoms with Gasteiger partial charge >= 0.3 is 0 Å². The molecule has 0 aliphatic rings. The fraction of sp³-hybridized carbons (Fsp3) is 0.481. The third-order valence-corrected chi connectivity index (χ3v) is 8.15. The molecule has 0 saturated heterocycles. The van der Waals surface area contributed by atoms with Crippen LogP contribution in [0.25, 0.3) is 0 Å². The molecule has 2 aromatic rings. The van der Waals surface area contributed by atoms with E-state index in [0.717, 1.165) is 18.2 Å². The van der Waals surface area contributed by atoms with E-state index in [1.165, 1.54) is 16.3 Å². The van der Waals surface area contributed by atoms with Gasteiger partial charge in [0.05, 0.1) is 29.1 Å². The molecule has 0 aliphatic heterocycles. The van der Waals surface area contributed by atoms with Crippen LogP contribution < -0.4 is 14.4 Å². The number of carbonyl (C=O) groups excluding carboxylic acids is 2. The van der Waals surface area contributed by atoms with Crippen LogP contribution in [-0.2, 0) is 26.2 Å². The normalized spacial score (nSPS) is 12.9. The molecule has 0 heterocycles. The first-order chi connectivity index (χ1) is 17.9. The summed E-state index contributed by atoms with van der Waals surface area (Å²) in [7, 11) is -2.10. The first-order valence-electron chi connectivity index (χ1n) is 12.6. The molecule has 210 valence electrons. The summed E-state index contributed by atoms with van der Waals surface area (Å²) in [6, 6.07) is 11.1. The Hall–Kier alpha value is -2.49. The molecule has 11 heteroatoms. The van der Waals surface area contributed by atoms with E-state index in [0.29, 0.717) is 27.9 Å². The number of hydrogen-bond donors (Lipinski definition) is 1. The van der Waals surface area contributed by atoms with E-state index >= 15 is 0 Å². The second-order valence-electron chi connectivity index (χ2n) is 9.15. The van der Waals surface area contributed by atoms with Crippen LogP contribution in [0.2, 0.25) is 10.0 Å². The minimum atomic E-state index is -3.61. The Morgan fingerprint density at radius 3 is 2.34 bits per heavy atom. The topological polar surface area (TPSA) is 96.0 Å². The maximum atomic E-state index is 13.5. The third kappa shape index (κ3) is 9.06. The lowest BCUT2D eigenvalue weighted by Crippen LogP contribution is -2.50. The Morgan fingerprint density at radius 2 is 1.76 bits per heavy atom. The molecule has 0 aromatic heterocycles. The van der Waals surface area contributed by atoms with Gasteiger partial charge in [0.2, 0.25) is 21.8 Å². The lowest BCUT2D eigenvalue weighted by molar-refractivity contribution is -0.141. The molecule has 0 aliphatic carbocycles. The SMILES string of the molecule is CC[C@@H](C)NC(=O)[C@H](CC)N(Cc1ccc(Cl)c(Cl)c1)C(=O)CCCN(c1cccc(OC)c1)S(C)(=O)=O. The third-order valence-electron chi connectivity index (χ3n) is 6.22. The number of carbonyl (C=O) groups is 2. The van der Waals surface area contributed by atoms with Gasteiger partial charge in [-0.1, -0.05) is 49.2 Å². The number of benzene rings is 2. The van der Waals surface area contributed by atoms with Gasteiger partial charge < -0.3 is 15.0 Å². The smallest absolute Gasteiger partial charge is 0.243 e. The average Bonchev–Trinajstić information content (AvgIpc) is 2.87. The Balaban J connectivity index is 2.26. The maximum Gasteiger partial charge on any atom is 0.243 e. The summed E-state index contributed by atoms with van der Waals surface area (Å²) in [5.41, 5.74) is 1.18. The molecule has 2 aromatic carbocycles. The van der Waals surface area contributed by atoms with Crippen LogP contribution >= 0.6 is 23.2 Å². The van der Waals surface area contributed by atoms with Crippen LogP contribution in [0.1, 0.15) is 52.0 Å². The highest BCUT2D eigenvalue weighted by molar-refractivity contribution is 7.92. The van der Waals surface area contributed by atoms with Crippen LogP contribution in [-0.4, -0.2) is 57.1 Å². The quantitative estimate of drug-likeness (QED) is 0.326. The number of nitrogens with zero attached hydrogens (tertiary/aromatic N) is 2. The molecule has 0 spiro atoms. The van der Waals surface area contributed by atoms with Gasteiger partial charge in [0, 0.05) is 31.6 Å². The summed E-state index contributed by atoms with van der Waals surface area (Å²) >= 11 is 12.3. The highest BCUT2D eigenvalue weighted by Gasteiger charge is 2.29. The van der Waals surface area contributed by atoms with E-state index < -0.39 is 16.1 Å². The van der Waals surface area contributed by atoms with Crippen LogP contribution in [0.4, 0.5) is 5.69 Å². The Bertz CT molecular complexity index is 1210. The van der Waals surface area contributed by atoms with Crippen molar-refractivity contribution >= 4 is 50.7 Å². The zero-order valence-corrected chi connectivity index (χ0v) is 24.9. The second-order valence-corrected chi connectivity index (χ2v) is 11.9. The lowest BCUT2D eigenvalue weighted by Gasteiger charge is -2.32. The van der Waals surface area contributed by atoms with Gasteiger partial charge in [-0.3, -0.25) is 13.9 Å². The molecular formula is C27H37Cl2N3O5S. The highest BCUT2D eigenvalue weighted by Crippen LogP contribution is 2.26. The first-order valence-corrected chi connectivity index (χ1v) is 15.2. The van der Waals surface area contributed by atoms with Crippen LogP contribution in [0.15, 0.2) is 42.5 Å². The molecular weight excluding hydrogens is 549 g/mol. The van der Waals surface area contributed by atoms with E-state index in [1.807, 2.05) is 20.8 Å². The number of rotatable bonds is 14. The van der Waals surface area contributed by atoms with Gasteiger partial charge in [0.15, 0.2) is 0 Å². The lowest BCUT2D eigenvalue weighted by atomic mass is 10.1. The maximum absolute atomic E-state index is 13.5. The van der Waals surface area contributed by atoms with Crippen LogP contribution in [0.5, 0.6) is 5.75 Å². The van der Waals surface area contributed by atoms with Crippen LogP contribution in [0.3, 0.4) is 0 Å². The summed E-state index contributed by atoms with van der Waals surface area (Å²) < 4.78 is 31.5. The van der Waals surface area contributed by atoms with E-state index in [9.17, 15) is 18.0 Å². The minimum absolute atomic E-state index is 0.0374. The van der Waals surface area contributed by atoms with Gasteiger partial charge in [0.25, 0.3) is 0 Å². The van der Waals surface area contributed by atoms with Crippen molar-refractivity contribution in [2.45, 2.75) is 65.1 Å². The number of anilines is 1. The first kappa shape index (κ1) is 31.7. The molecule has 1 N–H and O–H groups in total. The number of halogens is 2. The summed E-state index contributed by atoms with van der Waals surface area (Å²) in [5.74, 6) is 0.0313. The monoisotopic (exact) mass is 585 g/mol. The van der Waals surface area contributed by atoms with E-state index in [-0.39, 0.29) is 43.8 Å². The molecule has 0 fully saturated rings. The molecule has 0 bridgehead atoms. The number of ether oxygens (including phenoxy) is 1. The largest absolute Gasteiger partial charge is 0.497 e. The predicted octanol–water partition coefficient (Wildman–Crippen LogP) is 5.27. The Morgan fingerprint density at radius 1 is 1.05 bits per heavy atom. The van der Waals surface area contributed by atoms with Crippen molar-refractivity contribution in [2.75, 3.05) is 24.2 Å². The second kappa shape index (κ2) is 14.6. The summed E-state index contributed by atoms with van der Waals surface area (Å²) in [4.78, 5) is 28.2. The van der Waals surface area contributed by atoms with Crippen molar-refractivity contribution < 1.29 is 22.7 Å². The minimum Gasteiger partial charge on any atom is -0.497 e. The van der Waals surface area contributed by atoms with Crippen molar-refractivity contribution in [1.82, 2.24) is 10.2 Å². The van der Waals surface area contributed by atoms with Gasteiger partial charge in [-0.2, -0.15) is 0 Å². The van der Waals surface area contributed by atoms with Crippen LogP contribution in [0, 0.1) is 0 Å². The highest BCUT2D eigenvalue weighted by atomic mass is 35.5. The molecule has 38 heavy (non-hydrogen) atoms. The molecule has 8 nitrogen and oxygen atoms in total. The number of hydrogen-bond acceptors (Lipinski definition) is 5. The number of amides is 2. The van der Waals surface area contributed by atoms with Gasteiger partial charge in [-0.15, -0.1) is 0 Å². The molecule has 2 amide bonds. The van der Waals surface area contributed by atoms with Gasteiger partial charge in [-0.25, -0.2) is 8.42 Å². The number of sulfonamides is 1. The van der Waals surface area contributed by atoms with Crippen molar-refractivity contribution in [1.29, 1.82) is 0 Å². The zero-order valence-electron chi connectivity index (χ0n) is 22.5. The standard InChI is InChI=1S/C27H37Cl2N3O5S/c1-6-19(3)30-27(34)25(7-2)31(18-20-13-14-23(28)24(29)16-20)26(33)12-9-15-32(38(5,35)36)21-10-8-11-22(17-21)37-4/h8,10-11,13-14,16-17,19,25H,6-7,9,12,15,18H2,1-5H3,(H,30,34)/t19-,25+/m1/s1. The van der Waals surface area contributed by atoms with E-state index in [1.54, 1.807) is 42.5 Å². The van der Waals surface area contributed by atoms with E-state index in [2.05, 4.69) is 5.32 Å². The fourth-order valence-electron chi connectivity index (χ4n) is 3.96. The summed E-state index contributed by atoms with van der Waals surface area (Å²) in [6.45, 7) is 5.99. The molecule has 0 radical (unpaired) electrons. The molecule has 2 atom stereocenters. The number of nitrogens with one attached hydrogen (secondary N) is 1.